The van der Waals surface area contributed by atoms with Crippen LogP contribution in [0, 0.1) is 0 Å². The van der Waals surface area contributed by atoms with Crippen molar-refractivity contribution in [3.63, 3.8) is 0 Å². The van der Waals surface area contributed by atoms with Gasteiger partial charge in [-0.25, -0.2) is 8.42 Å². The van der Waals surface area contributed by atoms with Crippen molar-refractivity contribution in [3.05, 3.63) is 126 Å². The zero-order valence-electron chi connectivity index (χ0n) is 21.6. The predicted molar refractivity (Wildman–Crippen MR) is 157 cm³/mol. The highest BCUT2D eigenvalue weighted by molar-refractivity contribution is 7.98. The van der Waals surface area contributed by atoms with Gasteiger partial charge in [-0.2, -0.15) is 4.31 Å². The number of nitrogens with one attached hydrogen (secondary N) is 1. The van der Waals surface area contributed by atoms with Gasteiger partial charge in [0.15, 0.2) is 0 Å². The van der Waals surface area contributed by atoms with Crippen molar-refractivity contribution < 1.29 is 13.2 Å². The van der Waals surface area contributed by atoms with E-state index in [1.165, 1.54) is 10.5 Å². The molecule has 0 spiro atoms. The van der Waals surface area contributed by atoms with Gasteiger partial charge < -0.3 is 5.32 Å². The average molecular weight is 558 g/mol. The van der Waals surface area contributed by atoms with E-state index >= 15 is 0 Å². The summed E-state index contributed by atoms with van der Waals surface area (Å²) in [6.07, 6.45) is 0. The van der Waals surface area contributed by atoms with Crippen LogP contribution in [0.1, 0.15) is 21.5 Å². The lowest BCUT2D eigenvalue weighted by molar-refractivity contribution is 0.102. The maximum atomic E-state index is 12.9. The lowest BCUT2D eigenvalue weighted by atomic mass is 10.1. The Morgan fingerprint density at radius 2 is 1.31 bits per heavy atom. The number of hydrogen-bond donors (Lipinski definition) is 1. The zero-order valence-corrected chi connectivity index (χ0v) is 23.2. The molecule has 8 heteroatoms. The molecule has 0 aromatic heterocycles. The molecule has 1 fully saturated rings. The van der Waals surface area contributed by atoms with Crippen LogP contribution >= 0.6 is 11.8 Å². The second kappa shape index (κ2) is 12.6. The van der Waals surface area contributed by atoms with Crippen molar-refractivity contribution in [2.75, 3.05) is 31.5 Å². The predicted octanol–water partition coefficient (Wildman–Crippen LogP) is 5.74. The Morgan fingerprint density at radius 3 is 1.95 bits per heavy atom. The van der Waals surface area contributed by atoms with Crippen molar-refractivity contribution in [2.45, 2.75) is 22.1 Å². The average Bonchev–Trinajstić information content (AvgIpc) is 2.98. The molecule has 1 heterocycles. The smallest absolute Gasteiger partial charge is 0.255 e. The summed E-state index contributed by atoms with van der Waals surface area (Å²) in [5.74, 6) is 0.727. The van der Waals surface area contributed by atoms with Crippen LogP contribution in [0.15, 0.2) is 119 Å². The monoisotopic (exact) mass is 557 g/mol. The van der Waals surface area contributed by atoms with Gasteiger partial charge in [-0.1, -0.05) is 60.7 Å². The van der Waals surface area contributed by atoms with Crippen molar-refractivity contribution in [1.29, 1.82) is 0 Å². The van der Waals surface area contributed by atoms with E-state index in [-0.39, 0.29) is 5.91 Å². The van der Waals surface area contributed by atoms with Gasteiger partial charge >= 0.3 is 0 Å². The second-order valence-corrected chi connectivity index (χ2v) is 12.4. The highest BCUT2D eigenvalue weighted by atomic mass is 32.2. The van der Waals surface area contributed by atoms with Gasteiger partial charge in [-0.3, -0.25) is 9.69 Å². The van der Waals surface area contributed by atoms with E-state index in [2.05, 4.69) is 22.3 Å². The molecule has 0 atom stereocenters. The highest BCUT2D eigenvalue weighted by Crippen LogP contribution is 2.23. The molecular formula is C31H31N3O3S2. The molecule has 0 radical (unpaired) electrons. The third-order valence-electron chi connectivity index (χ3n) is 6.70. The van der Waals surface area contributed by atoms with Crippen molar-refractivity contribution in [3.8, 4) is 0 Å². The molecule has 0 unspecified atom stereocenters. The van der Waals surface area contributed by atoms with Gasteiger partial charge in [0.05, 0.1) is 4.90 Å². The summed E-state index contributed by atoms with van der Waals surface area (Å²) < 4.78 is 27.3. The van der Waals surface area contributed by atoms with Crippen LogP contribution in [0.4, 0.5) is 5.69 Å². The van der Waals surface area contributed by atoms with Crippen molar-refractivity contribution in [1.82, 2.24) is 9.21 Å². The molecule has 1 amide bonds. The maximum Gasteiger partial charge on any atom is 0.255 e. The molecule has 1 N–H and O–H groups in total. The molecule has 0 saturated carbocycles. The lowest BCUT2D eigenvalue weighted by Crippen LogP contribution is -2.48. The minimum atomic E-state index is -3.46. The first-order chi connectivity index (χ1) is 19.0. The third kappa shape index (κ3) is 7.16. The fourth-order valence-electron chi connectivity index (χ4n) is 4.46. The molecule has 4 aromatic carbocycles. The minimum absolute atomic E-state index is 0.146. The topological polar surface area (TPSA) is 69.7 Å². The number of benzene rings is 4. The van der Waals surface area contributed by atoms with Crippen LogP contribution in [-0.2, 0) is 22.3 Å². The molecule has 4 aromatic rings. The Hall–Kier alpha value is -3.43. The molecular weight excluding hydrogens is 526 g/mol. The molecule has 0 bridgehead atoms. The standard InChI is InChI=1S/C31H31N3O3S2/c35-31(32-28-17-13-26(14-18-28)24-38-29-7-3-1-4-8-29)27-15-11-25(12-16-27)23-33-19-21-34(22-20-33)39(36,37)30-9-5-2-6-10-30/h1-18H,19-24H2,(H,32,35). The van der Waals surface area contributed by atoms with Crippen molar-refractivity contribution >= 4 is 33.4 Å². The van der Waals surface area contributed by atoms with E-state index < -0.39 is 10.0 Å². The number of sulfonamides is 1. The van der Waals surface area contributed by atoms with Gasteiger partial charge in [0.25, 0.3) is 5.91 Å². The van der Waals surface area contributed by atoms with E-state index in [0.29, 0.717) is 43.2 Å². The van der Waals surface area contributed by atoms with Gasteiger partial charge in [-0.15, -0.1) is 11.8 Å². The van der Waals surface area contributed by atoms with E-state index in [0.717, 1.165) is 17.0 Å². The lowest BCUT2D eigenvalue weighted by Gasteiger charge is -2.34. The molecule has 5 rings (SSSR count). The number of rotatable bonds is 9. The number of amides is 1. The first-order valence-corrected chi connectivity index (χ1v) is 15.3. The fraction of sp³-hybridized carbons (Fsp3) is 0.194. The number of carbonyl (C=O) groups excluding carboxylic acids is 1. The maximum absolute atomic E-state index is 12.9. The number of thioether (sulfide) groups is 1. The van der Waals surface area contributed by atoms with Crippen LogP contribution in [0.5, 0.6) is 0 Å². The quantitative estimate of drug-likeness (QED) is 0.266. The van der Waals surface area contributed by atoms with Crippen LogP contribution in [-0.4, -0.2) is 49.7 Å². The summed E-state index contributed by atoms with van der Waals surface area (Å²) in [6.45, 7) is 2.95. The summed E-state index contributed by atoms with van der Waals surface area (Å²) in [7, 11) is -3.46. The van der Waals surface area contributed by atoms with E-state index in [1.54, 1.807) is 40.3 Å². The SMILES string of the molecule is O=C(Nc1ccc(CSc2ccccc2)cc1)c1ccc(CN2CCN(S(=O)(=O)c3ccccc3)CC2)cc1. The summed E-state index contributed by atoms with van der Waals surface area (Å²) in [5, 5.41) is 2.97. The third-order valence-corrected chi connectivity index (χ3v) is 9.69. The Labute approximate surface area is 234 Å². The Morgan fingerprint density at radius 1 is 0.718 bits per heavy atom. The van der Waals surface area contributed by atoms with E-state index in [1.807, 2.05) is 72.8 Å². The summed E-state index contributed by atoms with van der Waals surface area (Å²) >= 11 is 1.78. The fourth-order valence-corrected chi connectivity index (χ4v) is 6.78. The van der Waals surface area contributed by atoms with Crippen LogP contribution in [0.3, 0.4) is 0 Å². The number of carbonyl (C=O) groups is 1. The first kappa shape index (κ1) is 27.1. The molecule has 6 nitrogen and oxygen atoms in total. The van der Waals surface area contributed by atoms with Gasteiger partial charge in [0, 0.05) is 54.6 Å². The summed E-state index contributed by atoms with van der Waals surface area (Å²) in [6, 6.07) is 34.4. The Balaban J connectivity index is 1.09. The molecule has 0 aliphatic carbocycles. The summed E-state index contributed by atoms with van der Waals surface area (Å²) in [5.41, 5.74) is 3.65. The molecule has 1 aliphatic heterocycles. The zero-order chi connectivity index (χ0) is 27.1. The van der Waals surface area contributed by atoms with Gasteiger partial charge in [0.1, 0.15) is 0 Å². The Bertz CT molecular complexity index is 1470. The molecule has 1 aliphatic rings. The number of nitrogens with zero attached hydrogens (tertiary/aromatic N) is 2. The Kier molecular flexibility index (Phi) is 8.78. The number of piperazine rings is 1. The van der Waals surface area contributed by atoms with Crippen molar-refractivity contribution in [2.24, 2.45) is 0 Å². The first-order valence-electron chi connectivity index (χ1n) is 12.9. The minimum Gasteiger partial charge on any atom is -0.322 e. The van der Waals surface area contributed by atoms with E-state index in [4.69, 9.17) is 0 Å². The van der Waals surface area contributed by atoms with Gasteiger partial charge in [0.2, 0.25) is 10.0 Å². The number of hydrogen-bond acceptors (Lipinski definition) is 5. The number of anilines is 1. The normalized spacial score (nSPS) is 14.7. The van der Waals surface area contributed by atoms with E-state index in [9.17, 15) is 13.2 Å². The van der Waals surface area contributed by atoms with Crippen LogP contribution < -0.4 is 5.32 Å². The largest absolute Gasteiger partial charge is 0.322 e. The second-order valence-electron chi connectivity index (χ2n) is 9.44. The highest BCUT2D eigenvalue weighted by Gasteiger charge is 2.28. The summed E-state index contributed by atoms with van der Waals surface area (Å²) in [4.78, 5) is 16.6. The molecule has 200 valence electrons. The molecule has 1 saturated heterocycles. The van der Waals surface area contributed by atoms with Gasteiger partial charge in [-0.05, 0) is 59.7 Å². The van der Waals surface area contributed by atoms with Crippen LogP contribution in [0.2, 0.25) is 0 Å². The van der Waals surface area contributed by atoms with Crippen LogP contribution in [0.25, 0.3) is 0 Å². The molecule has 39 heavy (non-hydrogen) atoms.